The van der Waals surface area contributed by atoms with Crippen LogP contribution in [0.5, 0.6) is 0 Å². The first-order chi connectivity index (χ1) is 11.5. The second kappa shape index (κ2) is 6.86. The first-order valence-electron chi connectivity index (χ1n) is 8.21. The summed E-state index contributed by atoms with van der Waals surface area (Å²) in [4.78, 5) is 26.3. The molecule has 0 spiro atoms. The minimum Gasteiger partial charge on any atom is -0.338 e. The fraction of sp³-hybridized carbons (Fsp3) is 0.389. The van der Waals surface area contributed by atoms with Gasteiger partial charge in [0.05, 0.1) is 5.92 Å². The van der Waals surface area contributed by atoms with Crippen molar-refractivity contribution in [2.75, 3.05) is 11.9 Å². The molecule has 1 unspecified atom stereocenters. The van der Waals surface area contributed by atoms with E-state index in [1.807, 2.05) is 36.4 Å². The van der Waals surface area contributed by atoms with Gasteiger partial charge in [0.25, 0.3) is 0 Å². The van der Waals surface area contributed by atoms with Gasteiger partial charge in [-0.15, -0.1) is 0 Å². The van der Waals surface area contributed by atoms with E-state index >= 15 is 0 Å². The molecule has 6 heteroatoms. The Bertz CT molecular complexity index is 724. The van der Waals surface area contributed by atoms with Crippen LogP contribution in [-0.2, 0) is 16.1 Å². The second-order valence-corrected chi connectivity index (χ2v) is 6.51. The second-order valence-electron chi connectivity index (χ2n) is 6.51. The summed E-state index contributed by atoms with van der Waals surface area (Å²) in [6.07, 6.45) is 0.250. The molecule has 0 aliphatic carbocycles. The number of benzene rings is 1. The molecule has 1 aromatic heterocycles. The maximum Gasteiger partial charge on any atom is 0.230 e. The van der Waals surface area contributed by atoms with Crippen LogP contribution >= 0.6 is 0 Å². The summed E-state index contributed by atoms with van der Waals surface area (Å²) in [7, 11) is 0. The highest BCUT2D eigenvalue weighted by molar-refractivity contribution is 5.96. The van der Waals surface area contributed by atoms with E-state index in [-0.39, 0.29) is 24.2 Å². The smallest absolute Gasteiger partial charge is 0.230 e. The molecule has 1 aliphatic heterocycles. The zero-order valence-electron chi connectivity index (χ0n) is 14.0. The van der Waals surface area contributed by atoms with E-state index in [1.54, 1.807) is 4.90 Å². The van der Waals surface area contributed by atoms with Crippen LogP contribution in [0.4, 0.5) is 5.82 Å². The van der Waals surface area contributed by atoms with Gasteiger partial charge < -0.3 is 10.2 Å². The SMILES string of the molecule is CC(C)c1cc(NC(=O)C2CC(=O)N(Cc3ccccc3)C2)n[nH]1. The quantitative estimate of drug-likeness (QED) is 0.886. The van der Waals surface area contributed by atoms with Gasteiger partial charge in [-0.1, -0.05) is 44.2 Å². The minimum absolute atomic E-state index is 0.0175. The van der Waals surface area contributed by atoms with Crippen molar-refractivity contribution in [2.45, 2.75) is 32.7 Å². The Kier molecular flexibility index (Phi) is 4.64. The van der Waals surface area contributed by atoms with E-state index in [9.17, 15) is 9.59 Å². The number of hydrogen-bond acceptors (Lipinski definition) is 3. The largest absolute Gasteiger partial charge is 0.338 e. The molecule has 2 amide bonds. The molecular weight excluding hydrogens is 304 g/mol. The number of aromatic nitrogens is 2. The number of likely N-dealkylation sites (tertiary alicyclic amines) is 1. The number of hydrogen-bond donors (Lipinski definition) is 2. The summed E-state index contributed by atoms with van der Waals surface area (Å²) < 4.78 is 0. The molecule has 2 aromatic rings. The van der Waals surface area contributed by atoms with Gasteiger partial charge >= 0.3 is 0 Å². The predicted octanol–water partition coefficient (Wildman–Crippen LogP) is 2.52. The highest BCUT2D eigenvalue weighted by Gasteiger charge is 2.34. The molecule has 2 heterocycles. The maximum absolute atomic E-state index is 12.4. The average molecular weight is 326 g/mol. The molecule has 0 bridgehead atoms. The van der Waals surface area contributed by atoms with Gasteiger partial charge in [-0.25, -0.2) is 0 Å². The number of nitrogens with zero attached hydrogens (tertiary/aromatic N) is 2. The van der Waals surface area contributed by atoms with Crippen LogP contribution in [0.15, 0.2) is 36.4 Å². The average Bonchev–Trinajstić information content (AvgIpc) is 3.16. The van der Waals surface area contributed by atoms with Crippen LogP contribution < -0.4 is 5.32 Å². The van der Waals surface area contributed by atoms with Crippen LogP contribution in [-0.4, -0.2) is 33.5 Å². The summed E-state index contributed by atoms with van der Waals surface area (Å²) in [6, 6.07) is 11.6. The van der Waals surface area contributed by atoms with Gasteiger partial charge in [0.1, 0.15) is 0 Å². The van der Waals surface area contributed by atoms with Crippen molar-refractivity contribution in [3.05, 3.63) is 47.7 Å². The van der Waals surface area contributed by atoms with E-state index in [2.05, 4.69) is 29.4 Å². The maximum atomic E-state index is 12.4. The Morgan fingerprint density at radius 1 is 1.38 bits per heavy atom. The molecule has 0 saturated carbocycles. The third kappa shape index (κ3) is 3.64. The number of aromatic amines is 1. The summed E-state index contributed by atoms with van der Waals surface area (Å²) in [5, 5.41) is 9.81. The number of nitrogens with one attached hydrogen (secondary N) is 2. The van der Waals surface area contributed by atoms with Gasteiger partial charge in [-0.3, -0.25) is 14.7 Å². The molecule has 2 N–H and O–H groups in total. The van der Waals surface area contributed by atoms with E-state index in [4.69, 9.17) is 0 Å². The lowest BCUT2D eigenvalue weighted by atomic mass is 10.1. The Morgan fingerprint density at radius 2 is 2.12 bits per heavy atom. The fourth-order valence-corrected chi connectivity index (χ4v) is 2.83. The van der Waals surface area contributed by atoms with Crippen molar-refractivity contribution >= 4 is 17.6 Å². The highest BCUT2D eigenvalue weighted by atomic mass is 16.2. The lowest BCUT2D eigenvalue weighted by Gasteiger charge is -2.16. The lowest BCUT2D eigenvalue weighted by Crippen LogP contribution is -2.28. The first kappa shape index (κ1) is 16.2. The molecule has 1 aromatic carbocycles. The van der Waals surface area contributed by atoms with Gasteiger partial charge in [-0.2, -0.15) is 5.10 Å². The van der Waals surface area contributed by atoms with Crippen molar-refractivity contribution in [3.8, 4) is 0 Å². The molecule has 6 nitrogen and oxygen atoms in total. The molecular formula is C18H22N4O2. The number of carbonyl (C=O) groups excluding carboxylic acids is 2. The van der Waals surface area contributed by atoms with Crippen molar-refractivity contribution in [2.24, 2.45) is 5.92 Å². The zero-order valence-corrected chi connectivity index (χ0v) is 14.0. The monoisotopic (exact) mass is 326 g/mol. The topological polar surface area (TPSA) is 78.1 Å². The molecule has 1 atom stereocenters. The van der Waals surface area contributed by atoms with E-state index in [0.717, 1.165) is 11.3 Å². The fourth-order valence-electron chi connectivity index (χ4n) is 2.83. The summed E-state index contributed by atoms with van der Waals surface area (Å²) in [5.74, 6) is 0.361. The van der Waals surface area contributed by atoms with Gasteiger partial charge in [0, 0.05) is 31.3 Å². The third-order valence-electron chi connectivity index (χ3n) is 4.27. The van der Waals surface area contributed by atoms with Crippen LogP contribution in [0, 0.1) is 5.92 Å². The molecule has 1 fully saturated rings. The Morgan fingerprint density at radius 3 is 2.79 bits per heavy atom. The van der Waals surface area contributed by atoms with Gasteiger partial charge in [0.15, 0.2) is 5.82 Å². The normalized spacial score (nSPS) is 17.5. The van der Waals surface area contributed by atoms with Gasteiger partial charge in [0.2, 0.25) is 11.8 Å². The highest BCUT2D eigenvalue weighted by Crippen LogP contribution is 2.22. The molecule has 3 rings (SSSR count). The number of rotatable bonds is 5. The Balaban J connectivity index is 1.59. The van der Waals surface area contributed by atoms with Crippen molar-refractivity contribution < 1.29 is 9.59 Å². The molecule has 1 aliphatic rings. The number of anilines is 1. The number of carbonyl (C=O) groups is 2. The Labute approximate surface area is 141 Å². The minimum atomic E-state index is -0.333. The van der Waals surface area contributed by atoms with Crippen molar-refractivity contribution in [3.63, 3.8) is 0 Å². The lowest BCUT2D eigenvalue weighted by molar-refractivity contribution is -0.128. The number of amides is 2. The molecule has 24 heavy (non-hydrogen) atoms. The first-order valence-corrected chi connectivity index (χ1v) is 8.21. The van der Waals surface area contributed by atoms with Crippen LogP contribution in [0.3, 0.4) is 0 Å². The third-order valence-corrected chi connectivity index (χ3v) is 4.27. The van der Waals surface area contributed by atoms with Crippen molar-refractivity contribution in [1.82, 2.24) is 15.1 Å². The number of H-pyrrole nitrogens is 1. The van der Waals surface area contributed by atoms with Crippen LogP contribution in [0.2, 0.25) is 0 Å². The molecule has 126 valence electrons. The van der Waals surface area contributed by atoms with Crippen LogP contribution in [0.1, 0.15) is 37.4 Å². The van der Waals surface area contributed by atoms with E-state index in [0.29, 0.717) is 24.8 Å². The van der Waals surface area contributed by atoms with Crippen LogP contribution in [0.25, 0.3) is 0 Å². The molecule has 1 saturated heterocycles. The summed E-state index contributed by atoms with van der Waals surface area (Å²) in [5.41, 5.74) is 2.04. The van der Waals surface area contributed by atoms with Crippen molar-refractivity contribution in [1.29, 1.82) is 0 Å². The molecule has 0 radical (unpaired) electrons. The summed E-state index contributed by atoms with van der Waals surface area (Å²) >= 11 is 0. The van der Waals surface area contributed by atoms with Gasteiger partial charge in [-0.05, 0) is 11.5 Å². The Hall–Kier alpha value is -2.63. The van der Waals surface area contributed by atoms with E-state index < -0.39 is 0 Å². The predicted molar refractivity (Wildman–Crippen MR) is 91.3 cm³/mol. The zero-order chi connectivity index (χ0) is 17.1. The summed E-state index contributed by atoms with van der Waals surface area (Å²) in [6.45, 7) is 5.09. The standard InChI is InChI=1S/C18H22N4O2/c1-12(2)15-9-16(21-20-15)19-18(24)14-8-17(23)22(11-14)10-13-6-4-3-5-7-13/h3-7,9,12,14H,8,10-11H2,1-2H3,(H2,19,20,21,24). The van der Waals surface area contributed by atoms with E-state index in [1.165, 1.54) is 0 Å².